The molecule has 0 radical (unpaired) electrons. The zero-order valence-corrected chi connectivity index (χ0v) is 43.8. The third kappa shape index (κ3) is 52.7. The first-order valence-electron chi connectivity index (χ1n) is 28.8. The fourth-order valence-corrected chi connectivity index (χ4v) is 8.56. The molecule has 0 heterocycles. The van der Waals surface area contributed by atoms with Gasteiger partial charge in [0.1, 0.15) is 13.2 Å². The van der Waals surface area contributed by atoms with Crippen molar-refractivity contribution in [1.29, 1.82) is 0 Å². The molecule has 1 atom stereocenters. The molecule has 6 heteroatoms. The van der Waals surface area contributed by atoms with Crippen LogP contribution < -0.4 is 0 Å². The molecular weight excluding hydrogens is 805 g/mol. The molecule has 0 aromatic rings. The van der Waals surface area contributed by atoms with Gasteiger partial charge in [-0.25, -0.2) is 0 Å². The topological polar surface area (TPSA) is 78.9 Å². The highest BCUT2D eigenvalue weighted by atomic mass is 16.6. The normalized spacial score (nSPS) is 12.1. The van der Waals surface area contributed by atoms with Crippen molar-refractivity contribution in [2.24, 2.45) is 0 Å². The maximum atomic E-state index is 12.7. The number of rotatable bonds is 53. The first-order chi connectivity index (χ1) is 32.0. The molecule has 1 unspecified atom stereocenters. The summed E-state index contributed by atoms with van der Waals surface area (Å²) in [6, 6.07) is 0. The van der Waals surface area contributed by atoms with Crippen molar-refractivity contribution >= 4 is 17.9 Å². The van der Waals surface area contributed by atoms with Crippen LogP contribution >= 0.6 is 0 Å². The molecule has 382 valence electrons. The van der Waals surface area contributed by atoms with Crippen molar-refractivity contribution in [2.75, 3.05) is 13.2 Å². The smallest absolute Gasteiger partial charge is 0.306 e. The van der Waals surface area contributed by atoms with E-state index in [0.29, 0.717) is 19.3 Å². The molecular formula is C59H110O6. The summed E-state index contributed by atoms with van der Waals surface area (Å²) in [5, 5.41) is 0. The van der Waals surface area contributed by atoms with E-state index in [4.69, 9.17) is 14.2 Å². The Morgan fingerprint density at radius 2 is 0.538 bits per heavy atom. The van der Waals surface area contributed by atoms with Crippen molar-refractivity contribution in [3.05, 3.63) is 24.3 Å². The molecule has 0 aromatic heterocycles. The lowest BCUT2D eigenvalue weighted by atomic mass is 10.0. The second-order valence-electron chi connectivity index (χ2n) is 19.6. The van der Waals surface area contributed by atoms with Gasteiger partial charge in [0.25, 0.3) is 0 Å². The first kappa shape index (κ1) is 62.9. The Hall–Kier alpha value is -2.11. The largest absolute Gasteiger partial charge is 0.462 e. The molecule has 0 aliphatic rings. The summed E-state index contributed by atoms with van der Waals surface area (Å²) in [6.07, 6.45) is 63.4. The van der Waals surface area contributed by atoms with Crippen LogP contribution in [0.4, 0.5) is 0 Å². The molecule has 0 bridgehead atoms. The third-order valence-electron chi connectivity index (χ3n) is 12.9. The monoisotopic (exact) mass is 915 g/mol. The van der Waals surface area contributed by atoms with Crippen LogP contribution in [0, 0.1) is 0 Å². The second-order valence-corrected chi connectivity index (χ2v) is 19.6. The van der Waals surface area contributed by atoms with Gasteiger partial charge in [0.05, 0.1) is 0 Å². The number of hydrogen-bond donors (Lipinski definition) is 0. The maximum absolute atomic E-state index is 12.7. The number of carbonyl (C=O) groups is 3. The van der Waals surface area contributed by atoms with Crippen LogP contribution in [0.2, 0.25) is 0 Å². The number of esters is 3. The van der Waals surface area contributed by atoms with E-state index in [1.807, 2.05) is 0 Å². The van der Waals surface area contributed by atoms with E-state index in [1.54, 1.807) is 0 Å². The fraction of sp³-hybridized carbons (Fsp3) is 0.881. The number of allylic oxidation sites excluding steroid dienone is 4. The summed E-state index contributed by atoms with van der Waals surface area (Å²) in [5.41, 5.74) is 0. The lowest BCUT2D eigenvalue weighted by molar-refractivity contribution is -0.167. The van der Waals surface area contributed by atoms with Gasteiger partial charge in [0, 0.05) is 19.3 Å². The highest BCUT2D eigenvalue weighted by Crippen LogP contribution is 2.17. The zero-order chi connectivity index (χ0) is 47.2. The van der Waals surface area contributed by atoms with Crippen LogP contribution in [0.25, 0.3) is 0 Å². The van der Waals surface area contributed by atoms with Crippen molar-refractivity contribution in [3.63, 3.8) is 0 Å². The molecule has 0 aliphatic heterocycles. The quantitative estimate of drug-likeness (QED) is 0.0262. The van der Waals surface area contributed by atoms with Crippen LogP contribution in [0.15, 0.2) is 24.3 Å². The highest BCUT2D eigenvalue weighted by molar-refractivity contribution is 5.71. The summed E-state index contributed by atoms with van der Waals surface area (Å²) in [6.45, 7) is 6.59. The predicted octanol–water partition coefficient (Wildman–Crippen LogP) is 19.1. The lowest BCUT2D eigenvalue weighted by Crippen LogP contribution is -2.30. The molecule has 65 heavy (non-hydrogen) atoms. The molecule has 0 saturated heterocycles. The molecule has 0 spiro atoms. The molecule has 0 fully saturated rings. The van der Waals surface area contributed by atoms with Gasteiger partial charge in [-0.05, 0) is 64.2 Å². The molecule has 0 N–H and O–H groups in total. The Kier molecular flexibility index (Phi) is 52.7. The average molecular weight is 916 g/mol. The minimum atomic E-state index is -0.769. The van der Waals surface area contributed by atoms with Gasteiger partial charge in [-0.15, -0.1) is 0 Å². The van der Waals surface area contributed by atoms with Gasteiger partial charge in [-0.2, -0.15) is 0 Å². The number of unbranched alkanes of at least 4 members (excludes halogenated alkanes) is 38. The Morgan fingerprint density at radius 1 is 0.292 bits per heavy atom. The van der Waals surface area contributed by atoms with Crippen LogP contribution in [-0.4, -0.2) is 37.2 Å². The molecule has 0 saturated carbocycles. The van der Waals surface area contributed by atoms with E-state index in [0.717, 1.165) is 77.0 Å². The van der Waals surface area contributed by atoms with Crippen molar-refractivity contribution in [1.82, 2.24) is 0 Å². The maximum Gasteiger partial charge on any atom is 0.306 e. The Morgan fingerprint density at radius 3 is 0.831 bits per heavy atom. The van der Waals surface area contributed by atoms with E-state index < -0.39 is 6.10 Å². The summed E-state index contributed by atoms with van der Waals surface area (Å²) in [4.78, 5) is 37.9. The Balaban J connectivity index is 4.05. The van der Waals surface area contributed by atoms with E-state index >= 15 is 0 Å². The second kappa shape index (κ2) is 54.5. The molecule has 0 aromatic carbocycles. The molecule has 0 aliphatic carbocycles. The summed E-state index contributed by atoms with van der Waals surface area (Å²) in [5.74, 6) is -0.868. The van der Waals surface area contributed by atoms with Crippen LogP contribution in [0.5, 0.6) is 0 Å². The SMILES string of the molecule is CCC/C=C\CCCCCCCC(=O)OC(COC(=O)CCCCCCCCCCCC)COC(=O)CCCCCCCCCCCCCCCCC/C=C\CCCCCCCCCC. The van der Waals surface area contributed by atoms with Gasteiger partial charge in [-0.1, -0.05) is 257 Å². The van der Waals surface area contributed by atoms with Gasteiger partial charge in [0.2, 0.25) is 0 Å². The summed E-state index contributed by atoms with van der Waals surface area (Å²) < 4.78 is 16.8. The summed E-state index contributed by atoms with van der Waals surface area (Å²) in [7, 11) is 0. The van der Waals surface area contributed by atoms with Crippen molar-refractivity contribution < 1.29 is 28.6 Å². The van der Waals surface area contributed by atoms with Crippen molar-refractivity contribution in [3.8, 4) is 0 Å². The minimum absolute atomic E-state index is 0.0705. The van der Waals surface area contributed by atoms with Gasteiger partial charge >= 0.3 is 17.9 Å². The lowest BCUT2D eigenvalue weighted by Gasteiger charge is -2.18. The van der Waals surface area contributed by atoms with Gasteiger partial charge in [-0.3, -0.25) is 14.4 Å². The highest BCUT2D eigenvalue weighted by Gasteiger charge is 2.19. The Bertz CT molecular complexity index is 1050. The van der Waals surface area contributed by atoms with Crippen molar-refractivity contribution in [2.45, 2.75) is 322 Å². The van der Waals surface area contributed by atoms with Gasteiger partial charge in [0.15, 0.2) is 6.10 Å². The minimum Gasteiger partial charge on any atom is -0.462 e. The number of hydrogen-bond acceptors (Lipinski definition) is 6. The van der Waals surface area contributed by atoms with E-state index in [-0.39, 0.29) is 31.1 Å². The summed E-state index contributed by atoms with van der Waals surface area (Å²) >= 11 is 0. The number of carbonyl (C=O) groups excluding carboxylic acids is 3. The average Bonchev–Trinajstić information content (AvgIpc) is 3.30. The van der Waals surface area contributed by atoms with E-state index in [2.05, 4.69) is 45.1 Å². The van der Waals surface area contributed by atoms with E-state index in [1.165, 1.54) is 199 Å². The third-order valence-corrected chi connectivity index (χ3v) is 12.9. The number of ether oxygens (including phenoxy) is 3. The van der Waals surface area contributed by atoms with Crippen LogP contribution in [-0.2, 0) is 28.6 Å². The zero-order valence-electron chi connectivity index (χ0n) is 43.8. The van der Waals surface area contributed by atoms with Gasteiger partial charge < -0.3 is 14.2 Å². The standard InChI is InChI=1S/C59H110O6/c1-4-7-10-13-16-19-22-23-24-25-26-27-28-29-30-31-32-33-34-35-36-37-38-41-43-46-49-52-58(61)64-55-56(65-59(62)53-50-47-44-40-21-18-15-12-9-6-3)54-63-57(60)51-48-45-42-39-20-17-14-11-8-5-2/h12,15,25-26,56H,4-11,13-14,16-24,27-55H2,1-3H3/b15-12-,26-25-. The molecule has 6 nitrogen and oxygen atoms in total. The molecule has 0 amide bonds. The van der Waals surface area contributed by atoms with Crippen LogP contribution in [0.3, 0.4) is 0 Å². The first-order valence-corrected chi connectivity index (χ1v) is 28.8. The fourth-order valence-electron chi connectivity index (χ4n) is 8.56. The van der Waals surface area contributed by atoms with Crippen LogP contribution in [0.1, 0.15) is 316 Å². The molecule has 0 rings (SSSR count). The predicted molar refractivity (Wildman–Crippen MR) is 279 cm³/mol. The van der Waals surface area contributed by atoms with E-state index in [9.17, 15) is 14.4 Å². The Labute approximate surface area is 404 Å².